The smallest absolute Gasteiger partial charge is 0.308 e. The monoisotopic (exact) mass is 295 g/mol. The summed E-state index contributed by atoms with van der Waals surface area (Å²) in [6.07, 6.45) is 1.48. The molecular weight excluding hydrogens is 278 g/mol. The number of aryl methyl sites for hydroxylation is 1. The fourth-order valence-electron chi connectivity index (χ4n) is 3.09. The molecule has 1 aliphatic rings. The van der Waals surface area contributed by atoms with Crippen LogP contribution in [0.1, 0.15) is 24.0 Å². The molecule has 3 rings (SSSR count). The molecular formula is C17H17N3O2. The van der Waals surface area contributed by atoms with E-state index in [1.54, 1.807) is 0 Å². The Morgan fingerprint density at radius 2 is 2.23 bits per heavy atom. The summed E-state index contributed by atoms with van der Waals surface area (Å²) >= 11 is 0. The third-order valence-electron chi connectivity index (χ3n) is 4.31. The van der Waals surface area contributed by atoms with E-state index in [1.165, 1.54) is 0 Å². The highest BCUT2D eigenvalue weighted by Crippen LogP contribution is 2.30. The first-order valence-corrected chi connectivity index (χ1v) is 7.39. The Kier molecular flexibility index (Phi) is 3.68. The molecule has 5 heteroatoms. The predicted molar refractivity (Wildman–Crippen MR) is 83.8 cm³/mol. The zero-order valence-electron chi connectivity index (χ0n) is 12.4. The molecule has 112 valence electrons. The van der Waals surface area contributed by atoms with Crippen LogP contribution in [0.2, 0.25) is 0 Å². The molecule has 0 amide bonds. The maximum atomic E-state index is 11.3. The molecule has 1 N–H and O–H groups in total. The number of carboxylic acids is 1. The van der Waals surface area contributed by atoms with Crippen LogP contribution in [-0.4, -0.2) is 29.1 Å². The van der Waals surface area contributed by atoms with Crippen molar-refractivity contribution in [2.24, 2.45) is 5.92 Å². The van der Waals surface area contributed by atoms with Gasteiger partial charge in [-0.05, 0) is 31.4 Å². The average molecular weight is 295 g/mol. The Bertz CT molecular complexity index is 779. The molecule has 0 radical (unpaired) electrons. The summed E-state index contributed by atoms with van der Waals surface area (Å²) in [5.74, 6) is -0.556. The van der Waals surface area contributed by atoms with Crippen molar-refractivity contribution in [2.75, 3.05) is 18.0 Å². The van der Waals surface area contributed by atoms with Gasteiger partial charge in [-0.3, -0.25) is 4.79 Å². The number of fused-ring (bicyclic) bond motifs is 1. The van der Waals surface area contributed by atoms with Crippen LogP contribution in [0.5, 0.6) is 0 Å². The molecule has 2 heterocycles. The number of anilines is 1. The Labute approximate surface area is 128 Å². The van der Waals surface area contributed by atoms with E-state index >= 15 is 0 Å². The first-order valence-electron chi connectivity index (χ1n) is 7.39. The van der Waals surface area contributed by atoms with Crippen LogP contribution < -0.4 is 4.90 Å². The highest BCUT2D eigenvalue weighted by atomic mass is 16.4. The quantitative estimate of drug-likeness (QED) is 0.921. The summed E-state index contributed by atoms with van der Waals surface area (Å²) in [6.45, 7) is 3.07. The van der Waals surface area contributed by atoms with Gasteiger partial charge in [0.2, 0.25) is 0 Å². The van der Waals surface area contributed by atoms with Gasteiger partial charge in [0.1, 0.15) is 11.9 Å². The number of carbonyl (C=O) groups is 1. The number of para-hydroxylation sites is 1. The van der Waals surface area contributed by atoms with Crippen molar-refractivity contribution in [3.8, 4) is 6.07 Å². The zero-order chi connectivity index (χ0) is 15.7. The van der Waals surface area contributed by atoms with E-state index in [2.05, 4.69) is 11.1 Å². The second-order valence-corrected chi connectivity index (χ2v) is 5.69. The Hall–Kier alpha value is -2.61. The third kappa shape index (κ3) is 2.37. The molecule has 1 fully saturated rings. The number of aliphatic carboxylic acids is 1. The van der Waals surface area contributed by atoms with E-state index in [4.69, 9.17) is 0 Å². The number of nitriles is 1. The minimum absolute atomic E-state index is 0.395. The third-order valence-corrected chi connectivity index (χ3v) is 4.31. The van der Waals surface area contributed by atoms with Crippen molar-refractivity contribution in [1.82, 2.24) is 4.98 Å². The molecule has 1 aromatic carbocycles. The van der Waals surface area contributed by atoms with E-state index < -0.39 is 11.9 Å². The van der Waals surface area contributed by atoms with Crippen molar-refractivity contribution in [3.63, 3.8) is 0 Å². The lowest BCUT2D eigenvalue weighted by Gasteiger charge is -2.32. The first-order chi connectivity index (χ1) is 10.6. The van der Waals surface area contributed by atoms with Gasteiger partial charge in [0.15, 0.2) is 0 Å². The molecule has 22 heavy (non-hydrogen) atoms. The van der Waals surface area contributed by atoms with Crippen LogP contribution in [0.3, 0.4) is 0 Å². The summed E-state index contributed by atoms with van der Waals surface area (Å²) in [4.78, 5) is 17.8. The Morgan fingerprint density at radius 1 is 1.45 bits per heavy atom. The van der Waals surface area contributed by atoms with Gasteiger partial charge in [0, 0.05) is 18.5 Å². The van der Waals surface area contributed by atoms with Crippen molar-refractivity contribution in [2.45, 2.75) is 19.8 Å². The minimum Gasteiger partial charge on any atom is -0.481 e. The van der Waals surface area contributed by atoms with Crippen LogP contribution in [0, 0.1) is 24.2 Å². The van der Waals surface area contributed by atoms with Crippen LogP contribution in [0.15, 0.2) is 24.3 Å². The van der Waals surface area contributed by atoms with E-state index in [-0.39, 0.29) is 0 Å². The summed E-state index contributed by atoms with van der Waals surface area (Å²) in [7, 11) is 0. The number of nitrogens with zero attached hydrogens (tertiary/aromatic N) is 3. The number of hydrogen-bond donors (Lipinski definition) is 1. The lowest BCUT2D eigenvalue weighted by molar-refractivity contribution is -0.141. The number of carboxylic acid groups (broad SMARTS) is 1. The number of aromatic nitrogens is 1. The highest BCUT2D eigenvalue weighted by Gasteiger charge is 2.28. The SMILES string of the molecule is Cc1c(C#N)c(N2CCCC(C(=O)O)C2)nc2ccccc12. The van der Waals surface area contributed by atoms with Gasteiger partial charge < -0.3 is 10.0 Å². The molecule has 0 aliphatic carbocycles. The number of pyridine rings is 1. The zero-order valence-corrected chi connectivity index (χ0v) is 12.4. The predicted octanol–water partition coefficient (Wildman–Crippen LogP) is 2.72. The van der Waals surface area contributed by atoms with E-state index in [0.29, 0.717) is 24.3 Å². The maximum Gasteiger partial charge on any atom is 0.308 e. The molecule has 1 aromatic heterocycles. The highest BCUT2D eigenvalue weighted by molar-refractivity contribution is 5.87. The molecule has 2 aromatic rings. The fraction of sp³-hybridized carbons (Fsp3) is 0.353. The van der Waals surface area contributed by atoms with Gasteiger partial charge in [-0.25, -0.2) is 4.98 Å². The lowest BCUT2D eigenvalue weighted by Crippen LogP contribution is -2.39. The average Bonchev–Trinajstić information content (AvgIpc) is 2.55. The van der Waals surface area contributed by atoms with E-state index in [1.807, 2.05) is 36.1 Å². The van der Waals surface area contributed by atoms with Gasteiger partial charge in [-0.15, -0.1) is 0 Å². The number of piperidine rings is 1. The number of rotatable bonds is 2. The summed E-state index contributed by atoms with van der Waals surface area (Å²) in [5.41, 5.74) is 2.29. The number of hydrogen-bond acceptors (Lipinski definition) is 4. The first kappa shape index (κ1) is 14.3. The standard InChI is InChI=1S/C17H17N3O2/c1-11-13-6-2-3-7-15(13)19-16(14(11)9-18)20-8-4-5-12(10-20)17(21)22/h2-3,6-7,12H,4-5,8,10H2,1H3,(H,21,22). The molecule has 1 aliphatic heterocycles. The van der Waals surface area contributed by atoms with Gasteiger partial charge >= 0.3 is 5.97 Å². The van der Waals surface area contributed by atoms with Crippen molar-refractivity contribution < 1.29 is 9.90 Å². The second-order valence-electron chi connectivity index (χ2n) is 5.69. The summed E-state index contributed by atoms with van der Waals surface area (Å²) < 4.78 is 0. The van der Waals surface area contributed by atoms with Crippen LogP contribution >= 0.6 is 0 Å². The topological polar surface area (TPSA) is 77.2 Å². The normalized spacial score (nSPS) is 18.2. The Morgan fingerprint density at radius 3 is 2.95 bits per heavy atom. The van der Waals surface area contributed by atoms with Gasteiger partial charge in [0.25, 0.3) is 0 Å². The molecule has 0 spiro atoms. The maximum absolute atomic E-state index is 11.3. The summed E-state index contributed by atoms with van der Waals surface area (Å²) in [6, 6.07) is 9.97. The fourth-order valence-corrected chi connectivity index (χ4v) is 3.09. The Balaban J connectivity index is 2.10. The molecule has 1 unspecified atom stereocenters. The lowest BCUT2D eigenvalue weighted by atomic mass is 9.97. The van der Waals surface area contributed by atoms with Crippen molar-refractivity contribution >= 4 is 22.7 Å². The number of benzene rings is 1. The van der Waals surface area contributed by atoms with Crippen molar-refractivity contribution in [3.05, 3.63) is 35.4 Å². The largest absolute Gasteiger partial charge is 0.481 e. The van der Waals surface area contributed by atoms with Crippen molar-refractivity contribution in [1.29, 1.82) is 5.26 Å². The van der Waals surface area contributed by atoms with Crippen LogP contribution in [-0.2, 0) is 4.79 Å². The molecule has 0 bridgehead atoms. The second kappa shape index (κ2) is 5.64. The van der Waals surface area contributed by atoms with Gasteiger partial charge in [0.05, 0.1) is 17.0 Å². The summed E-state index contributed by atoms with van der Waals surface area (Å²) in [5, 5.41) is 19.7. The molecule has 5 nitrogen and oxygen atoms in total. The molecule has 0 saturated carbocycles. The van der Waals surface area contributed by atoms with E-state index in [9.17, 15) is 15.2 Å². The van der Waals surface area contributed by atoms with Crippen LogP contribution in [0.25, 0.3) is 10.9 Å². The van der Waals surface area contributed by atoms with Gasteiger partial charge in [-0.1, -0.05) is 18.2 Å². The minimum atomic E-state index is -0.777. The van der Waals surface area contributed by atoms with Gasteiger partial charge in [-0.2, -0.15) is 5.26 Å². The van der Waals surface area contributed by atoms with Crippen LogP contribution in [0.4, 0.5) is 5.82 Å². The molecule has 1 saturated heterocycles. The molecule has 1 atom stereocenters. The van der Waals surface area contributed by atoms with E-state index in [0.717, 1.165) is 29.4 Å².